The normalized spacial score (nSPS) is 11.9. The van der Waals surface area contributed by atoms with Crippen molar-refractivity contribution in [1.29, 1.82) is 0 Å². The first-order chi connectivity index (χ1) is 18.0. The molecule has 38 heavy (non-hydrogen) atoms. The Morgan fingerprint density at radius 1 is 1.18 bits per heavy atom. The van der Waals surface area contributed by atoms with Crippen molar-refractivity contribution in [3.8, 4) is 10.6 Å². The summed E-state index contributed by atoms with van der Waals surface area (Å²) >= 11 is 10.7. The van der Waals surface area contributed by atoms with Crippen molar-refractivity contribution in [2.75, 3.05) is 5.32 Å². The molecule has 0 aliphatic carbocycles. The Balaban J connectivity index is 1.45. The maximum atomic E-state index is 14.1. The summed E-state index contributed by atoms with van der Waals surface area (Å²) in [5, 5.41) is 10.8. The Morgan fingerprint density at radius 3 is 2.66 bits per heavy atom. The molecule has 7 nitrogen and oxygen atoms in total. The lowest BCUT2D eigenvalue weighted by Crippen LogP contribution is -2.16. The van der Waals surface area contributed by atoms with Crippen molar-refractivity contribution >= 4 is 56.2 Å². The molecule has 0 radical (unpaired) electrons. The summed E-state index contributed by atoms with van der Waals surface area (Å²) in [5.74, 6) is -1.25. The number of hydrogen-bond acceptors (Lipinski definition) is 5. The molecule has 5 aromatic rings. The number of rotatable bonds is 6. The van der Waals surface area contributed by atoms with Crippen molar-refractivity contribution in [3.63, 3.8) is 0 Å². The molecular weight excluding hydrogens is 612 g/mol. The molecule has 1 N–H and O–H groups in total. The van der Waals surface area contributed by atoms with Crippen LogP contribution in [0.4, 0.5) is 23.4 Å². The van der Waals surface area contributed by atoms with Crippen LogP contribution < -0.4 is 5.32 Å². The van der Waals surface area contributed by atoms with E-state index in [0.717, 1.165) is 17.4 Å². The van der Waals surface area contributed by atoms with E-state index in [4.69, 9.17) is 11.6 Å². The number of halogens is 6. The SMILES string of the molecule is CCc1ccc(-c2cc(C(F)(F)F)n3nc(C(=O)Nc4nn(Cc5c(F)cccc5Cl)cc4Br)cc3n2)s1. The van der Waals surface area contributed by atoms with E-state index in [0.29, 0.717) is 13.9 Å². The number of carbonyl (C=O) groups is 1. The van der Waals surface area contributed by atoms with E-state index in [-0.39, 0.29) is 40.0 Å². The summed E-state index contributed by atoms with van der Waals surface area (Å²) in [6.07, 6.45) is -2.49. The average Bonchev–Trinajstić information content (AvgIpc) is 3.58. The molecule has 0 atom stereocenters. The monoisotopic (exact) mass is 626 g/mol. The van der Waals surface area contributed by atoms with Crippen molar-refractivity contribution in [3.05, 3.63) is 85.8 Å². The van der Waals surface area contributed by atoms with Gasteiger partial charge in [0.1, 0.15) is 5.82 Å². The Kier molecular flexibility index (Phi) is 7.01. The predicted molar refractivity (Wildman–Crippen MR) is 139 cm³/mol. The molecule has 14 heteroatoms. The number of aromatic nitrogens is 5. The maximum absolute atomic E-state index is 14.1. The molecule has 0 fully saturated rings. The third-order valence-electron chi connectivity index (χ3n) is 5.54. The van der Waals surface area contributed by atoms with Crippen LogP contribution in [-0.2, 0) is 19.1 Å². The molecule has 1 aromatic carbocycles. The molecule has 0 unspecified atom stereocenters. The topological polar surface area (TPSA) is 77.1 Å². The summed E-state index contributed by atoms with van der Waals surface area (Å²) in [7, 11) is 0. The van der Waals surface area contributed by atoms with Crippen molar-refractivity contribution in [2.45, 2.75) is 26.1 Å². The highest BCUT2D eigenvalue weighted by atomic mass is 79.9. The third kappa shape index (κ3) is 5.18. The minimum atomic E-state index is -4.74. The lowest BCUT2D eigenvalue weighted by molar-refractivity contribution is -0.142. The van der Waals surface area contributed by atoms with Gasteiger partial charge in [-0.15, -0.1) is 11.3 Å². The van der Waals surface area contributed by atoms with Gasteiger partial charge in [0.25, 0.3) is 5.91 Å². The number of carbonyl (C=O) groups excluding carboxylic acids is 1. The van der Waals surface area contributed by atoms with Crippen LogP contribution in [0.15, 0.2) is 53.1 Å². The van der Waals surface area contributed by atoms with Crippen LogP contribution in [0.2, 0.25) is 5.02 Å². The second kappa shape index (κ2) is 10.1. The van der Waals surface area contributed by atoms with Crippen molar-refractivity contribution in [2.24, 2.45) is 0 Å². The molecule has 0 spiro atoms. The van der Waals surface area contributed by atoms with Crippen LogP contribution in [0.3, 0.4) is 0 Å². The van der Waals surface area contributed by atoms with Crippen LogP contribution in [0.25, 0.3) is 16.2 Å². The van der Waals surface area contributed by atoms with Crippen molar-refractivity contribution < 1.29 is 22.4 Å². The first-order valence-electron chi connectivity index (χ1n) is 11.1. The number of nitrogens with zero attached hydrogens (tertiary/aromatic N) is 5. The first-order valence-corrected chi connectivity index (χ1v) is 13.1. The van der Waals surface area contributed by atoms with Gasteiger partial charge in [-0.2, -0.15) is 23.4 Å². The van der Waals surface area contributed by atoms with E-state index in [2.05, 4.69) is 36.4 Å². The zero-order valence-electron chi connectivity index (χ0n) is 19.4. The van der Waals surface area contributed by atoms with Gasteiger partial charge in [-0.05, 0) is 52.7 Å². The van der Waals surface area contributed by atoms with Gasteiger partial charge in [-0.25, -0.2) is 13.9 Å². The number of nitrogens with one attached hydrogen (secondary N) is 1. The molecule has 0 saturated carbocycles. The smallest absolute Gasteiger partial charge is 0.303 e. The van der Waals surface area contributed by atoms with Gasteiger partial charge in [0.05, 0.1) is 21.6 Å². The number of amides is 1. The van der Waals surface area contributed by atoms with E-state index < -0.39 is 23.6 Å². The van der Waals surface area contributed by atoms with Gasteiger partial charge in [-0.3, -0.25) is 9.48 Å². The van der Waals surface area contributed by atoms with Gasteiger partial charge in [0.15, 0.2) is 22.9 Å². The molecule has 196 valence electrons. The van der Waals surface area contributed by atoms with E-state index in [1.54, 1.807) is 12.1 Å². The van der Waals surface area contributed by atoms with Gasteiger partial charge in [0, 0.05) is 27.7 Å². The molecule has 0 bridgehead atoms. The Morgan fingerprint density at radius 2 is 1.97 bits per heavy atom. The zero-order chi connectivity index (χ0) is 27.2. The molecule has 0 aliphatic rings. The molecule has 4 aromatic heterocycles. The van der Waals surface area contributed by atoms with Crippen LogP contribution in [0, 0.1) is 5.82 Å². The molecular formula is C24H16BrClF4N6OS. The van der Waals surface area contributed by atoms with Crippen LogP contribution >= 0.6 is 38.9 Å². The Labute approximate surface area is 230 Å². The second-order valence-electron chi connectivity index (χ2n) is 8.12. The number of alkyl halides is 3. The Bertz CT molecular complexity index is 1660. The minimum Gasteiger partial charge on any atom is -0.303 e. The van der Waals surface area contributed by atoms with E-state index in [1.807, 2.05) is 13.0 Å². The van der Waals surface area contributed by atoms with Crippen molar-refractivity contribution in [1.82, 2.24) is 24.4 Å². The lowest BCUT2D eigenvalue weighted by Gasteiger charge is -2.10. The molecule has 0 saturated heterocycles. The number of aryl methyl sites for hydroxylation is 1. The average molecular weight is 628 g/mol. The predicted octanol–water partition coefficient (Wildman–Crippen LogP) is 7.09. The highest BCUT2D eigenvalue weighted by Gasteiger charge is 2.36. The van der Waals surface area contributed by atoms with E-state index in [1.165, 1.54) is 40.4 Å². The molecule has 5 rings (SSSR count). The number of fused-ring (bicyclic) bond motifs is 1. The highest BCUT2D eigenvalue weighted by molar-refractivity contribution is 9.10. The highest BCUT2D eigenvalue weighted by Crippen LogP contribution is 2.34. The van der Waals surface area contributed by atoms with Crippen LogP contribution in [0.1, 0.15) is 33.5 Å². The summed E-state index contributed by atoms with van der Waals surface area (Å²) in [6, 6.07) is 9.93. The maximum Gasteiger partial charge on any atom is 0.433 e. The fourth-order valence-corrected chi connectivity index (χ4v) is 5.24. The standard InChI is InChI=1S/C24H16BrClF4N6OS/c1-2-12-6-7-19(38-12)17-8-20(24(28,29)30)36-21(31-17)9-18(33-36)23(37)32-22-14(25)11-35(34-22)10-13-15(26)4-3-5-16(13)27/h3-9,11H,2,10H2,1H3,(H,32,34,37). The van der Waals surface area contributed by atoms with Crippen LogP contribution in [-0.4, -0.2) is 30.3 Å². The summed E-state index contributed by atoms with van der Waals surface area (Å²) in [4.78, 5) is 18.8. The number of thiophene rings is 1. The number of benzene rings is 1. The van der Waals surface area contributed by atoms with E-state index >= 15 is 0 Å². The van der Waals surface area contributed by atoms with Gasteiger partial charge in [-0.1, -0.05) is 24.6 Å². The van der Waals surface area contributed by atoms with Gasteiger partial charge >= 0.3 is 6.18 Å². The quantitative estimate of drug-likeness (QED) is 0.204. The lowest BCUT2D eigenvalue weighted by atomic mass is 10.2. The largest absolute Gasteiger partial charge is 0.433 e. The fraction of sp³-hybridized carbons (Fsp3) is 0.167. The zero-order valence-corrected chi connectivity index (χ0v) is 22.5. The Hall–Kier alpha value is -3.29. The molecule has 1 amide bonds. The van der Waals surface area contributed by atoms with E-state index in [9.17, 15) is 22.4 Å². The summed E-state index contributed by atoms with van der Waals surface area (Å²) < 4.78 is 58.1. The number of hydrogen-bond donors (Lipinski definition) is 1. The summed E-state index contributed by atoms with van der Waals surface area (Å²) in [5.41, 5.74) is -1.14. The number of anilines is 1. The third-order valence-corrected chi connectivity index (χ3v) is 7.73. The van der Waals surface area contributed by atoms with Gasteiger partial charge < -0.3 is 5.32 Å². The summed E-state index contributed by atoms with van der Waals surface area (Å²) in [6.45, 7) is 1.93. The second-order valence-corrected chi connectivity index (χ2v) is 10.6. The van der Waals surface area contributed by atoms with Crippen LogP contribution in [0.5, 0.6) is 0 Å². The fourth-order valence-electron chi connectivity index (χ4n) is 3.70. The first kappa shape index (κ1) is 26.3. The van der Waals surface area contributed by atoms with Gasteiger partial charge in [0.2, 0.25) is 0 Å². The molecule has 4 heterocycles. The minimum absolute atomic E-state index is 0.0154. The molecule has 0 aliphatic heterocycles.